The number of nitrogens with zero attached hydrogens (tertiary/aromatic N) is 10. The van der Waals surface area contributed by atoms with Crippen molar-refractivity contribution in [2.24, 2.45) is 11.8 Å². The molecule has 6 aromatic rings. The number of rotatable bonds is 10. The Balaban J connectivity index is 0.000000141. The van der Waals surface area contributed by atoms with E-state index in [-0.39, 0.29) is 40.8 Å². The maximum Gasteiger partial charge on any atom is 0.318 e. The summed E-state index contributed by atoms with van der Waals surface area (Å²) >= 11 is 23.1. The van der Waals surface area contributed by atoms with Crippen LogP contribution in [0.25, 0.3) is 22.5 Å². The van der Waals surface area contributed by atoms with Crippen LogP contribution in [0, 0.1) is 11.8 Å². The molecule has 6 saturated carbocycles. The summed E-state index contributed by atoms with van der Waals surface area (Å²) in [4.78, 5) is 46.7. The summed E-state index contributed by atoms with van der Waals surface area (Å²) in [5.41, 5.74) is 17.5. The predicted octanol–water partition coefficient (Wildman–Crippen LogP) is 8.70. The molecule has 23 heteroatoms. The second-order valence-corrected chi connectivity index (χ2v) is 21.7. The van der Waals surface area contributed by atoms with E-state index >= 15 is 0 Å². The van der Waals surface area contributed by atoms with Crippen LogP contribution in [-0.4, -0.2) is 89.5 Å². The Morgan fingerprint density at radius 1 is 0.710 bits per heavy atom. The molecule has 18 nitrogen and oxygen atoms in total. The highest BCUT2D eigenvalue weighted by Crippen LogP contribution is 2.58. The van der Waals surface area contributed by atoms with Gasteiger partial charge in [-0.3, -0.25) is 9.36 Å². The average molecular weight is 1170 g/mol. The molecule has 4 bridgehead atoms. The van der Waals surface area contributed by atoms with Gasteiger partial charge in [0.2, 0.25) is 11.9 Å². The number of hydrogen-bond acceptors (Lipinski definition) is 12. The number of aromatic hydroxyl groups is 1. The van der Waals surface area contributed by atoms with Gasteiger partial charge in [-0.05, 0) is 119 Å². The zero-order chi connectivity index (χ0) is 48.2. The smallest absolute Gasteiger partial charge is 0.318 e. The van der Waals surface area contributed by atoms with Crippen molar-refractivity contribution in [2.75, 3.05) is 23.4 Å². The van der Waals surface area contributed by atoms with E-state index in [4.69, 9.17) is 39.4 Å². The molecule has 0 saturated heterocycles. The molecule has 6 heterocycles. The van der Waals surface area contributed by atoms with E-state index in [1.54, 1.807) is 45.1 Å². The molecule has 360 valence electrons. The van der Waals surface area contributed by atoms with E-state index < -0.39 is 0 Å². The Hall–Kier alpha value is -5.22. The fourth-order valence-corrected chi connectivity index (χ4v) is 11.8. The predicted molar refractivity (Wildman–Crippen MR) is 270 cm³/mol. The Morgan fingerprint density at radius 3 is 1.64 bits per heavy atom. The number of phenols is 1. The zero-order valence-corrected chi connectivity index (χ0v) is 43.3. The molecule has 6 fully saturated rings. The molecule has 2 aliphatic heterocycles. The third kappa shape index (κ3) is 9.81. The Labute approximate surface area is 432 Å². The number of hydrogen-bond donors (Lipinski definition) is 5. The minimum absolute atomic E-state index is 0.0154. The van der Waals surface area contributed by atoms with E-state index in [0.29, 0.717) is 87.8 Å². The maximum atomic E-state index is 12.9. The molecule has 7 N–H and O–H groups in total. The summed E-state index contributed by atoms with van der Waals surface area (Å²) in [6, 6.07) is 10.4. The van der Waals surface area contributed by atoms with Gasteiger partial charge in [0, 0.05) is 63.4 Å². The summed E-state index contributed by atoms with van der Waals surface area (Å²) in [5.74, 6) is 2.54. The first-order chi connectivity index (χ1) is 33.2. The molecule has 0 atom stereocenters. The van der Waals surface area contributed by atoms with Crippen molar-refractivity contribution in [2.45, 2.75) is 88.9 Å². The molecule has 69 heavy (non-hydrogen) atoms. The van der Waals surface area contributed by atoms with Crippen LogP contribution in [-0.2, 0) is 39.3 Å². The Kier molecular flexibility index (Phi) is 13.2. The summed E-state index contributed by atoms with van der Waals surface area (Å²) in [6.07, 6.45) is 13.9. The van der Waals surface area contributed by atoms with Crippen LogP contribution in [0.15, 0.2) is 70.1 Å². The van der Waals surface area contributed by atoms with Gasteiger partial charge in [-0.1, -0.05) is 39.1 Å². The van der Waals surface area contributed by atoms with Gasteiger partial charge in [-0.25, -0.2) is 29.5 Å². The normalized spacial score (nSPS) is 21.7. The number of urea groups is 2. The number of alkyl halides is 1. The van der Waals surface area contributed by atoms with E-state index in [0.717, 1.165) is 83.5 Å². The largest absolute Gasteiger partial charge is 0.507 e. The number of nitrogens with one attached hydrogen (secondary N) is 2. The standard InChI is InChI=1S/C23H23BrClN7O2.C18H17BrClN5O2.C5H7BrN2/c24-16-7-17(25)14(6-19(16)34-5-4-32-3-1-2-27-32)20-15-11-31(12-18(15)28-21(26)29-20)22(33)30-23-8-13(9-23)10-23;19-11-2-12(20)9(1-14(11)26)15-10-6-25(7-13(10)22-16(21)23-15)17(27)24-18-3-8(4-18)5-18;6-2-5-8-4-1-3-7-8/h1-3,6-7,13H,4-5,8-12H2,(H,30,33)(H2,26,28,29);1-2,8,26H,3-7H2,(H,24,27)(H2,21,22,23);1,3-4H,2,5H2. The quantitative estimate of drug-likeness (QED) is 0.0811. The highest BCUT2D eigenvalue weighted by Gasteiger charge is 2.58. The number of phenolic OH excluding ortho intramolecular Hbond substituents is 1. The molecule has 0 radical (unpaired) electrons. The lowest BCUT2D eigenvalue weighted by molar-refractivity contribution is -0.0436. The van der Waals surface area contributed by atoms with Crippen molar-refractivity contribution in [3.63, 3.8) is 0 Å². The molecule has 4 amide bonds. The van der Waals surface area contributed by atoms with Crippen molar-refractivity contribution < 1.29 is 19.4 Å². The number of ether oxygens (including phenoxy) is 1. The number of anilines is 2. The van der Waals surface area contributed by atoms with Gasteiger partial charge in [0.25, 0.3) is 0 Å². The van der Waals surface area contributed by atoms with Crippen LogP contribution in [0.2, 0.25) is 10.0 Å². The number of aryl methyl sites for hydroxylation is 1. The molecule has 0 spiro atoms. The van der Waals surface area contributed by atoms with Crippen LogP contribution in [0.4, 0.5) is 21.5 Å². The van der Waals surface area contributed by atoms with E-state index in [2.05, 4.69) is 88.6 Å². The summed E-state index contributed by atoms with van der Waals surface area (Å²) < 4.78 is 10.9. The van der Waals surface area contributed by atoms with Crippen LogP contribution in [0.3, 0.4) is 0 Å². The lowest BCUT2D eigenvalue weighted by atomic mass is 9.50. The molecular formula is C46H47Br3Cl2N14O4. The fraction of sp³-hybridized carbons (Fsp3) is 0.391. The number of nitrogen functional groups attached to an aromatic ring is 2. The van der Waals surface area contributed by atoms with Gasteiger partial charge < -0.3 is 41.7 Å². The van der Waals surface area contributed by atoms with E-state index in [1.807, 2.05) is 35.3 Å². The van der Waals surface area contributed by atoms with E-state index in [1.165, 1.54) is 0 Å². The van der Waals surface area contributed by atoms with Gasteiger partial charge in [0.05, 0.1) is 81.0 Å². The SMILES string of the molecule is BrCCn1cccn1.Nc1nc2c(c(-c3cc(O)c(Br)cc3Cl)n1)CN(C(=O)NC13CC(C1)C3)C2.Nc1nc2c(c(-c3cc(OCCn4cccn4)c(Br)cc3Cl)n1)CN(C(=O)NC13CC(C1)C3)C2. The molecule has 14 rings (SSSR count). The van der Waals surface area contributed by atoms with E-state index in [9.17, 15) is 14.7 Å². The number of nitrogens with two attached hydrogens (primary N) is 2. The van der Waals surface area contributed by atoms with Gasteiger partial charge in [0.15, 0.2) is 0 Å². The second kappa shape index (κ2) is 19.2. The van der Waals surface area contributed by atoms with Gasteiger partial charge in [-0.15, -0.1) is 0 Å². The molecule has 0 unspecified atom stereocenters. The molecular weight excluding hydrogens is 1120 g/mol. The first-order valence-electron chi connectivity index (χ1n) is 22.4. The van der Waals surface area contributed by atoms with Gasteiger partial charge in [-0.2, -0.15) is 10.2 Å². The first-order valence-corrected chi connectivity index (χ1v) is 25.9. The second-order valence-electron chi connectivity index (χ2n) is 18.4. The number of aromatic nitrogens is 8. The molecule has 2 aromatic carbocycles. The monoisotopic (exact) mass is 1170 g/mol. The number of carbonyl (C=O) groups excluding carboxylic acids is 2. The van der Waals surface area contributed by atoms with Crippen molar-refractivity contribution in [3.05, 3.63) is 103 Å². The highest BCUT2D eigenvalue weighted by molar-refractivity contribution is 9.11. The van der Waals surface area contributed by atoms with Crippen LogP contribution in [0.5, 0.6) is 11.5 Å². The third-order valence-electron chi connectivity index (χ3n) is 13.6. The number of benzene rings is 2. The lowest BCUT2D eigenvalue weighted by Gasteiger charge is -2.61. The van der Waals surface area contributed by atoms with Crippen LogP contribution >= 0.6 is 71.0 Å². The number of amides is 4. The average Bonchev–Trinajstić information content (AvgIpc) is 4.10. The summed E-state index contributed by atoms with van der Waals surface area (Å²) in [7, 11) is 0. The van der Waals surface area contributed by atoms with Crippen molar-refractivity contribution >= 4 is 95.0 Å². The minimum Gasteiger partial charge on any atom is -0.507 e. The maximum absolute atomic E-state index is 12.9. The molecule has 4 aromatic heterocycles. The lowest BCUT2D eigenvalue weighted by Crippen LogP contribution is -2.69. The zero-order valence-electron chi connectivity index (χ0n) is 37.0. The topological polar surface area (TPSA) is 233 Å². The highest BCUT2D eigenvalue weighted by atomic mass is 79.9. The molecule has 6 aliphatic carbocycles. The molecule has 8 aliphatic rings. The minimum atomic E-state index is -0.0829. The van der Waals surface area contributed by atoms with Crippen LogP contribution < -0.4 is 26.8 Å². The Morgan fingerprint density at radius 2 is 1.19 bits per heavy atom. The van der Waals surface area contributed by atoms with Crippen molar-refractivity contribution in [1.82, 2.24) is 59.9 Å². The number of carbonyl (C=O) groups is 2. The van der Waals surface area contributed by atoms with Gasteiger partial charge in [0.1, 0.15) is 18.1 Å². The van der Waals surface area contributed by atoms with Crippen molar-refractivity contribution in [1.29, 1.82) is 0 Å². The summed E-state index contributed by atoms with van der Waals surface area (Å²) in [6.45, 7) is 3.54. The third-order valence-corrected chi connectivity index (χ3v) is 15.8. The van der Waals surface area contributed by atoms with Gasteiger partial charge >= 0.3 is 12.1 Å². The fourth-order valence-electron chi connectivity index (χ4n) is 9.90. The summed E-state index contributed by atoms with van der Waals surface area (Å²) in [5, 5.41) is 26.5. The van der Waals surface area contributed by atoms with Crippen molar-refractivity contribution in [3.8, 4) is 34.0 Å². The Bertz CT molecular complexity index is 2910. The number of halogens is 5. The first kappa shape index (κ1) is 47.5. The number of fused-ring (bicyclic) bond motifs is 2. The van der Waals surface area contributed by atoms with Crippen LogP contribution in [0.1, 0.15) is 61.0 Å².